The Morgan fingerprint density at radius 1 is 1.53 bits per heavy atom. The minimum absolute atomic E-state index is 0.104. The van der Waals surface area contributed by atoms with E-state index >= 15 is 0 Å². The van der Waals surface area contributed by atoms with Gasteiger partial charge in [-0.1, -0.05) is 13.8 Å². The molecule has 0 bridgehead atoms. The Balaban J connectivity index is 3.20. The van der Waals surface area contributed by atoms with Crippen molar-refractivity contribution in [3.05, 3.63) is 12.3 Å². The highest BCUT2D eigenvalue weighted by Gasteiger charge is 2.37. The molecule has 0 aromatic carbocycles. The van der Waals surface area contributed by atoms with E-state index in [-0.39, 0.29) is 11.6 Å². The van der Waals surface area contributed by atoms with Gasteiger partial charge in [-0.05, 0) is 19.4 Å². The third kappa shape index (κ3) is 2.51. The first-order valence-electron chi connectivity index (χ1n) is 5.64. The Hall–Kier alpha value is -0.920. The fourth-order valence-electron chi connectivity index (χ4n) is 1.77. The summed E-state index contributed by atoms with van der Waals surface area (Å²) in [5.74, 6) is 0. The molecule has 1 heterocycles. The Bertz CT molecular complexity index is 437. The van der Waals surface area contributed by atoms with Gasteiger partial charge in [0.1, 0.15) is 0 Å². The van der Waals surface area contributed by atoms with Crippen LogP contribution in [0.15, 0.2) is 17.3 Å². The summed E-state index contributed by atoms with van der Waals surface area (Å²) in [4.78, 5) is 0. The fraction of sp³-hybridized carbons (Fsp3) is 0.700. The summed E-state index contributed by atoms with van der Waals surface area (Å²) in [6.07, 6.45) is 2.08. The average Bonchev–Trinajstić information content (AvgIpc) is 2.83. The van der Waals surface area contributed by atoms with Crippen LogP contribution in [0.25, 0.3) is 0 Å². The molecule has 1 aromatic rings. The Labute approximate surface area is 102 Å². The molecule has 1 aromatic heterocycles. The molecular formula is C10H20N4O2S. The number of sulfonamides is 1. The smallest absolute Gasteiger partial charge is 0.260 e. The zero-order valence-electron chi connectivity index (χ0n) is 10.5. The summed E-state index contributed by atoms with van der Waals surface area (Å²) in [5, 5.41) is 6.27. The average molecular weight is 260 g/mol. The number of hydrogen-bond acceptors (Lipinski definition) is 4. The number of likely N-dealkylation sites (N-methyl/N-ethyl adjacent to an activating group) is 1. The van der Waals surface area contributed by atoms with E-state index in [0.717, 1.165) is 0 Å². The highest BCUT2D eigenvalue weighted by molar-refractivity contribution is 7.89. The van der Waals surface area contributed by atoms with Crippen LogP contribution in [0.5, 0.6) is 0 Å². The fourth-order valence-corrected chi connectivity index (χ4v) is 3.53. The van der Waals surface area contributed by atoms with Gasteiger partial charge in [-0.3, -0.25) is 5.10 Å². The van der Waals surface area contributed by atoms with Gasteiger partial charge in [0.05, 0.1) is 6.20 Å². The second-order valence-corrected chi connectivity index (χ2v) is 5.98. The van der Waals surface area contributed by atoms with Crippen LogP contribution < -0.4 is 5.73 Å². The van der Waals surface area contributed by atoms with E-state index in [0.29, 0.717) is 13.0 Å². The lowest BCUT2D eigenvalue weighted by Crippen LogP contribution is -2.53. The van der Waals surface area contributed by atoms with Gasteiger partial charge < -0.3 is 5.73 Å². The lowest BCUT2D eigenvalue weighted by atomic mass is 9.99. The van der Waals surface area contributed by atoms with Crippen molar-refractivity contribution >= 4 is 10.0 Å². The molecule has 1 unspecified atom stereocenters. The first-order valence-corrected chi connectivity index (χ1v) is 7.08. The van der Waals surface area contributed by atoms with E-state index in [2.05, 4.69) is 10.2 Å². The van der Waals surface area contributed by atoms with Gasteiger partial charge >= 0.3 is 0 Å². The third-order valence-corrected chi connectivity index (χ3v) is 5.20. The van der Waals surface area contributed by atoms with Crippen molar-refractivity contribution in [2.45, 2.75) is 37.8 Å². The van der Waals surface area contributed by atoms with Gasteiger partial charge in [-0.2, -0.15) is 9.40 Å². The van der Waals surface area contributed by atoms with Gasteiger partial charge in [0.15, 0.2) is 5.03 Å². The Kier molecular flexibility index (Phi) is 4.29. The Morgan fingerprint density at radius 3 is 2.53 bits per heavy atom. The standard InChI is InChI=1S/C10H20N4O2S/c1-4-10(3,8-11)14(5-2)17(15,16)9-6-7-12-13-9/h6-7H,4-5,8,11H2,1-3H3,(H,12,13). The molecule has 1 rings (SSSR count). The normalized spacial score (nSPS) is 16.1. The van der Waals surface area contributed by atoms with Crippen LogP contribution in [0, 0.1) is 0 Å². The second kappa shape index (κ2) is 5.16. The molecule has 17 heavy (non-hydrogen) atoms. The lowest BCUT2D eigenvalue weighted by molar-refractivity contribution is 0.213. The van der Waals surface area contributed by atoms with Gasteiger partial charge in [0, 0.05) is 18.6 Å². The van der Waals surface area contributed by atoms with Crippen LogP contribution >= 0.6 is 0 Å². The van der Waals surface area contributed by atoms with E-state index in [4.69, 9.17) is 5.73 Å². The van der Waals surface area contributed by atoms with E-state index in [9.17, 15) is 8.42 Å². The molecule has 0 saturated heterocycles. The second-order valence-electron chi connectivity index (χ2n) is 4.15. The number of aromatic nitrogens is 2. The van der Waals surface area contributed by atoms with Crippen molar-refractivity contribution in [1.82, 2.24) is 14.5 Å². The van der Waals surface area contributed by atoms with E-state index < -0.39 is 15.6 Å². The maximum atomic E-state index is 12.4. The number of H-pyrrole nitrogens is 1. The van der Waals surface area contributed by atoms with Crippen molar-refractivity contribution in [3.63, 3.8) is 0 Å². The number of nitrogens with zero attached hydrogens (tertiary/aromatic N) is 2. The molecule has 3 N–H and O–H groups in total. The lowest BCUT2D eigenvalue weighted by Gasteiger charge is -2.37. The molecule has 0 aliphatic heterocycles. The highest BCUT2D eigenvalue weighted by atomic mass is 32.2. The van der Waals surface area contributed by atoms with Gasteiger partial charge in [0.25, 0.3) is 10.0 Å². The maximum absolute atomic E-state index is 12.4. The zero-order valence-corrected chi connectivity index (χ0v) is 11.3. The monoisotopic (exact) mass is 260 g/mol. The van der Waals surface area contributed by atoms with Crippen molar-refractivity contribution in [2.24, 2.45) is 5.73 Å². The van der Waals surface area contributed by atoms with Crippen molar-refractivity contribution in [2.75, 3.05) is 13.1 Å². The Morgan fingerprint density at radius 2 is 2.18 bits per heavy atom. The third-order valence-electron chi connectivity index (χ3n) is 3.13. The molecule has 0 spiro atoms. The molecule has 7 heteroatoms. The minimum Gasteiger partial charge on any atom is -0.329 e. The van der Waals surface area contributed by atoms with Crippen LogP contribution in [0.4, 0.5) is 0 Å². The van der Waals surface area contributed by atoms with Crippen LogP contribution in [-0.2, 0) is 10.0 Å². The summed E-state index contributed by atoms with van der Waals surface area (Å²) in [6.45, 7) is 6.24. The highest BCUT2D eigenvalue weighted by Crippen LogP contribution is 2.25. The molecule has 6 nitrogen and oxygen atoms in total. The largest absolute Gasteiger partial charge is 0.329 e. The van der Waals surface area contributed by atoms with Crippen LogP contribution in [0.2, 0.25) is 0 Å². The predicted molar refractivity (Wildman–Crippen MR) is 65.9 cm³/mol. The van der Waals surface area contributed by atoms with E-state index in [1.54, 1.807) is 6.92 Å². The summed E-state index contributed by atoms with van der Waals surface area (Å²) < 4.78 is 26.2. The molecule has 0 amide bonds. The quantitative estimate of drug-likeness (QED) is 0.781. The molecule has 0 aliphatic carbocycles. The van der Waals surface area contributed by atoms with Crippen molar-refractivity contribution in [3.8, 4) is 0 Å². The van der Waals surface area contributed by atoms with Crippen LogP contribution in [0.1, 0.15) is 27.2 Å². The zero-order chi connectivity index (χ0) is 13.1. The van der Waals surface area contributed by atoms with Crippen molar-refractivity contribution < 1.29 is 8.42 Å². The molecule has 0 aliphatic rings. The van der Waals surface area contributed by atoms with Crippen LogP contribution in [-0.4, -0.2) is 41.5 Å². The first kappa shape index (κ1) is 14.1. The van der Waals surface area contributed by atoms with Gasteiger partial charge in [-0.15, -0.1) is 0 Å². The number of hydrogen-bond donors (Lipinski definition) is 2. The van der Waals surface area contributed by atoms with E-state index in [1.807, 2.05) is 13.8 Å². The predicted octanol–water partition coefficient (Wildman–Crippen LogP) is 0.548. The maximum Gasteiger partial charge on any atom is 0.260 e. The van der Waals surface area contributed by atoms with Crippen molar-refractivity contribution in [1.29, 1.82) is 0 Å². The number of aromatic amines is 1. The van der Waals surface area contributed by atoms with E-state index in [1.165, 1.54) is 16.6 Å². The van der Waals surface area contributed by atoms with Crippen LogP contribution in [0.3, 0.4) is 0 Å². The summed E-state index contributed by atoms with van der Waals surface area (Å²) in [6, 6.07) is 1.45. The summed E-state index contributed by atoms with van der Waals surface area (Å²) in [5.41, 5.74) is 5.14. The molecular weight excluding hydrogens is 240 g/mol. The topological polar surface area (TPSA) is 92.1 Å². The first-order chi connectivity index (χ1) is 7.92. The molecule has 1 atom stereocenters. The summed E-state index contributed by atoms with van der Waals surface area (Å²) >= 11 is 0. The molecule has 0 saturated carbocycles. The van der Waals surface area contributed by atoms with Gasteiger partial charge in [-0.25, -0.2) is 8.42 Å². The number of nitrogens with two attached hydrogens (primary N) is 1. The SMILES string of the molecule is CCN(C(C)(CC)CN)S(=O)(=O)c1ccn[nH]1. The number of rotatable bonds is 6. The summed E-state index contributed by atoms with van der Waals surface area (Å²) in [7, 11) is -3.55. The molecule has 0 radical (unpaired) electrons. The van der Waals surface area contributed by atoms with Gasteiger partial charge in [0.2, 0.25) is 0 Å². The molecule has 0 fully saturated rings. The molecule has 98 valence electrons. The minimum atomic E-state index is -3.55. The number of nitrogens with one attached hydrogen (secondary N) is 1.